The van der Waals surface area contributed by atoms with Crippen LogP contribution in [0.15, 0.2) is 12.4 Å². The molecule has 88 valence electrons. The van der Waals surface area contributed by atoms with E-state index in [2.05, 4.69) is 23.4 Å². The van der Waals surface area contributed by atoms with Gasteiger partial charge >= 0.3 is 7.94 Å². The Morgan fingerprint density at radius 3 is 2.07 bits per heavy atom. The zero-order valence-electron chi connectivity index (χ0n) is 9.46. The highest BCUT2D eigenvalue weighted by atomic mass is 31.2. The van der Waals surface area contributed by atoms with E-state index in [0.29, 0.717) is 0 Å². The van der Waals surface area contributed by atoms with E-state index in [-0.39, 0.29) is 6.16 Å². The van der Waals surface area contributed by atoms with Crippen LogP contribution in [0.3, 0.4) is 0 Å². The van der Waals surface area contributed by atoms with Crippen molar-refractivity contribution in [1.29, 1.82) is 0 Å². The minimum absolute atomic E-state index is 0.0486. The molecule has 1 aromatic heterocycles. The molecule has 0 aliphatic rings. The molecule has 3 N–H and O–H groups in total. The monoisotopic (exact) mass is 235 g/mol. The molecular weight excluding hydrogens is 215 g/mol. The highest BCUT2D eigenvalue weighted by molar-refractivity contribution is 7.58. The Morgan fingerprint density at radius 2 is 1.80 bits per heavy atom. The topological polar surface area (TPSA) is 78.5 Å². The summed E-state index contributed by atoms with van der Waals surface area (Å²) < 4.78 is 2.15. The summed E-state index contributed by atoms with van der Waals surface area (Å²) in [5, 5.41) is 0. The molecule has 0 aromatic carbocycles. The quantitative estimate of drug-likeness (QED) is 0.688. The molecule has 1 heterocycles. The number of rotatable bonds is 3. The fourth-order valence-electron chi connectivity index (χ4n) is 0.942. The van der Waals surface area contributed by atoms with Gasteiger partial charge in [0.05, 0.1) is 0 Å². The summed E-state index contributed by atoms with van der Waals surface area (Å²) in [5.74, 6) is 1.18. The van der Waals surface area contributed by atoms with E-state index in [1.54, 1.807) is 0 Å². The summed E-state index contributed by atoms with van der Waals surface area (Å²) in [6.07, 6.45) is 4.94. The lowest BCUT2D eigenvalue weighted by Crippen LogP contribution is -1.98. The third kappa shape index (κ3) is 6.57. The van der Waals surface area contributed by atoms with E-state index in [0.717, 1.165) is 13.0 Å². The molecule has 0 aliphatic carbocycles. The van der Waals surface area contributed by atoms with Crippen molar-refractivity contribution in [2.24, 2.45) is 0 Å². The zero-order valence-corrected chi connectivity index (χ0v) is 10.4. The maximum absolute atomic E-state index is 8.05. The van der Waals surface area contributed by atoms with Gasteiger partial charge in [-0.2, -0.15) is 14.7 Å². The molecule has 0 fully saturated rings. The average molecular weight is 235 g/mol. The second-order valence-corrected chi connectivity index (χ2v) is 5.01. The van der Waals surface area contributed by atoms with Crippen molar-refractivity contribution in [2.75, 3.05) is 6.16 Å². The second kappa shape index (κ2) is 6.90. The predicted octanol–water partition coefficient (Wildman–Crippen LogP) is 1.21. The number of imidazole rings is 1. The van der Waals surface area contributed by atoms with Gasteiger partial charge in [-0.05, 0) is 13.8 Å². The summed E-state index contributed by atoms with van der Waals surface area (Å²) in [7, 11) is -3.40. The van der Waals surface area contributed by atoms with Gasteiger partial charge in [-0.15, -0.1) is 0 Å². The van der Waals surface area contributed by atoms with Crippen LogP contribution in [0.2, 0.25) is 0 Å². The van der Waals surface area contributed by atoms with Gasteiger partial charge in [0.15, 0.2) is 0 Å². The highest BCUT2D eigenvalue weighted by Gasteiger charge is 2.24. The first-order valence-corrected chi connectivity index (χ1v) is 6.84. The minimum atomic E-state index is -3.40. The lowest BCUT2D eigenvalue weighted by Gasteiger charge is -1.98. The van der Waals surface area contributed by atoms with Crippen LogP contribution in [0, 0.1) is 0 Å². The van der Waals surface area contributed by atoms with Crippen LogP contribution in [0.25, 0.3) is 0 Å². The maximum Gasteiger partial charge on any atom is 0.403 e. The fraction of sp³-hybridized carbons (Fsp3) is 0.667. The van der Waals surface area contributed by atoms with Crippen LogP contribution >= 0.6 is 7.94 Å². The van der Waals surface area contributed by atoms with Crippen LogP contribution in [-0.2, 0) is 13.0 Å². The SMILES string of the molecule is CC[P+](O)(O)O.CCc1nccn1CC. The van der Waals surface area contributed by atoms with Crippen molar-refractivity contribution in [3.8, 4) is 0 Å². The first-order valence-electron chi connectivity index (χ1n) is 5.00. The summed E-state index contributed by atoms with van der Waals surface area (Å²) in [6, 6.07) is 0. The molecule has 0 saturated carbocycles. The van der Waals surface area contributed by atoms with E-state index in [1.807, 2.05) is 12.4 Å². The molecule has 6 heteroatoms. The standard InChI is InChI=1S/C7H12N2.C2H8O3P/c1-3-7-8-5-6-9(7)4-2;1-2-6(3,4)5/h5-6H,3-4H2,1-2H3;3-5H,2H2,1H3/q;+1. The third-order valence-corrected chi connectivity index (χ3v) is 2.73. The predicted molar refractivity (Wildman–Crippen MR) is 61.4 cm³/mol. The van der Waals surface area contributed by atoms with Crippen molar-refractivity contribution >= 4 is 7.94 Å². The van der Waals surface area contributed by atoms with Crippen LogP contribution in [0.4, 0.5) is 0 Å². The van der Waals surface area contributed by atoms with Crippen LogP contribution in [0.1, 0.15) is 26.6 Å². The van der Waals surface area contributed by atoms with E-state index in [9.17, 15) is 0 Å². The number of nitrogens with zero attached hydrogens (tertiary/aromatic N) is 2. The highest BCUT2D eigenvalue weighted by Crippen LogP contribution is 2.43. The van der Waals surface area contributed by atoms with E-state index >= 15 is 0 Å². The molecule has 5 nitrogen and oxygen atoms in total. The van der Waals surface area contributed by atoms with E-state index in [1.165, 1.54) is 12.7 Å². The normalized spacial score (nSPS) is 10.8. The van der Waals surface area contributed by atoms with Gasteiger partial charge in [-0.25, -0.2) is 4.98 Å². The second-order valence-electron chi connectivity index (χ2n) is 2.99. The summed E-state index contributed by atoms with van der Waals surface area (Å²) >= 11 is 0. The molecule has 0 saturated heterocycles. The fourth-order valence-corrected chi connectivity index (χ4v) is 0.942. The molecule has 15 heavy (non-hydrogen) atoms. The van der Waals surface area contributed by atoms with Gasteiger partial charge in [-0.1, -0.05) is 6.92 Å². The molecule has 0 aliphatic heterocycles. The Bertz CT molecular complexity index is 252. The van der Waals surface area contributed by atoms with Crippen LogP contribution in [-0.4, -0.2) is 30.4 Å². The lowest BCUT2D eigenvalue weighted by molar-refractivity contribution is 0.332. The summed E-state index contributed by atoms with van der Waals surface area (Å²) in [6.45, 7) is 6.78. The molecule has 0 spiro atoms. The van der Waals surface area contributed by atoms with E-state index in [4.69, 9.17) is 14.7 Å². The van der Waals surface area contributed by atoms with Gasteiger partial charge < -0.3 is 4.57 Å². The molecule has 0 radical (unpaired) electrons. The Morgan fingerprint density at radius 1 is 1.27 bits per heavy atom. The van der Waals surface area contributed by atoms with Crippen molar-refractivity contribution < 1.29 is 14.7 Å². The zero-order chi connectivity index (χ0) is 11.9. The van der Waals surface area contributed by atoms with Crippen LogP contribution < -0.4 is 0 Å². The Labute approximate surface area is 91.0 Å². The lowest BCUT2D eigenvalue weighted by atomic mass is 10.4. The number of hydrogen-bond donors (Lipinski definition) is 3. The van der Waals surface area contributed by atoms with Gasteiger partial charge in [0.25, 0.3) is 0 Å². The van der Waals surface area contributed by atoms with Crippen molar-refractivity contribution in [3.05, 3.63) is 18.2 Å². The number of aromatic nitrogens is 2. The van der Waals surface area contributed by atoms with Gasteiger partial charge in [0, 0.05) is 25.4 Å². The van der Waals surface area contributed by atoms with Crippen molar-refractivity contribution in [1.82, 2.24) is 9.55 Å². The van der Waals surface area contributed by atoms with Gasteiger partial charge in [0.2, 0.25) is 0 Å². The summed E-state index contributed by atoms with van der Waals surface area (Å²) in [5.41, 5.74) is 0. The Hall–Kier alpha value is -0.480. The Balaban J connectivity index is 0.000000288. The largest absolute Gasteiger partial charge is 0.403 e. The van der Waals surface area contributed by atoms with Gasteiger partial charge in [0.1, 0.15) is 12.0 Å². The molecule has 1 rings (SSSR count). The van der Waals surface area contributed by atoms with Crippen molar-refractivity contribution in [2.45, 2.75) is 33.7 Å². The Kier molecular flexibility index (Phi) is 6.68. The first-order chi connectivity index (χ1) is 6.94. The molecule has 1 aromatic rings. The minimum Gasteiger partial charge on any atom is -0.335 e. The molecule has 0 atom stereocenters. The number of aryl methyl sites for hydroxylation is 2. The number of hydrogen-bond acceptors (Lipinski definition) is 4. The molecule has 0 unspecified atom stereocenters. The van der Waals surface area contributed by atoms with E-state index < -0.39 is 7.94 Å². The maximum atomic E-state index is 8.05. The van der Waals surface area contributed by atoms with Gasteiger partial charge in [-0.3, -0.25) is 0 Å². The third-order valence-electron chi connectivity index (χ3n) is 1.88. The molecule has 0 amide bonds. The summed E-state index contributed by atoms with van der Waals surface area (Å²) in [4.78, 5) is 28.3. The average Bonchev–Trinajstić information content (AvgIpc) is 2.64. The first kappa shape index (κ1) is 14.5. The molecule has 0 bridgehead atoms. The molecular formula is C9H20N2O3P+. The van der Waals surface area contributed by atoms with Crippen LogP contribution in [0.5, 0.6) is 0 Å². The van der Waals surface area contributed by atoms with Crippen molar-refractivity contribution in [3.63, 3.8) is 0 Å². The smallest absolute Gasteiger partial charge is 0.335 e.